The van der Waals surface area contributed by atoms with E-state index in [-0.39, 0.29) is 0 Å². The molecule has 0 amide bonds. The van der Waals surface area contributed by atoms with Crippen LogP contribution in [0.1, 0.15) is 17.5 Å². The van der Waals surface area contributed by atoms with E-state index in [1.165, 1.54) is 17.4 Å². The van der Waals surface area contributed by atoms with Gasteiger partial charge in [-0.15, -0.1) is 11.3 Å². The number of halogens is 8. The molecule has 5 rings (SSSR count). The fourth-order valence-corrected chi connectivity index (χ4v) is 4.55. The summed E-state index contributed by atoms with van der Waals surface area (Å²) in [6, 6.07) is 10.1. The van der Waals surface area contributed by atoms with Crippen LogP contribution in [0, 0.1) is 29.1 Å². The fraction of sp³-hybridized carbons (Fsp3) is 0.160. The number of alkyl halides is 3. The Morgan fingerprint density at radius 1 is 0.895 bits per heavy atom. The normalized spacial score (nSPS) is 12.7. The molecule has 0 bridgehead atoms. The zero-order valence-corrected chi connectivity index (χ0v) is 20.6. The Bertz CT molecular complexity index is 1400. The number of ether oxygens (including phenoxy) is 1. The standard InChI is InChI=1S/C15H9F5O2S.C10H6F3NS/c16-10-11(17)13(19)15(14(20)12(10)18)22-23-8-4-3-7-2-1-5-21-9(7)6-8;11-10(12,13)8-3-1-2-7(6-8)9-14-4-5-15-9/h3-4,6H,1-2,5H2;1-6H. The summed E-state index contributed by atoms with van der Waals surface area (Å²) < 4.78 is 113. The topological polar surface area (TPSA) is 31.4 Å². The van der Waals surface area contributed by atoms with E-state index in [9.17, 15) is 35.1 Å². The van der Waals surface area contributed by atoms with Crippen molar-refractivity contribution >= 4 is 23.4 Å². The van der Waals surface area contributed by atoms with Crippen LogP contribution in [0.2, 0.25) is 0 Å². The first-order chi connectivity index (χ1) is 18.1. The van der Waals surface area contributed by atoms with Gasteiger partial charge in [-0.25, -0.2) is 18.2 Å². The summed E-state index contributed by atoms with van der Waals surface area (Å²) in [6.07, 6.45) is -0.993. The molecule has 2 heterocycles. The lowest BCUT2D eigenvalue weighted by molar-refractivity contribution is -0.137. The summed E-state index contributed by atoms with van der Waals surface area (Å²) in [7, 11) is 0. The Balaban J connectivity index is 0.000000194. The van der Waals surface area contributed by atoms with Crippen LogP contribution in [0.15, 0.2) is 58.9 Å². The van der Waals surface area contributed by atoms with Gasteiger partial charge in [-0.2, -0.15) is 22.0 Å². The number of thiazole rings is 1. The molecular formula is C25H15F8NO2S2. The second-order valence-electron chi connectivity index (χ2n) is 7.70. The van der Waals surface area contributed by atoms with Crippen molar-refractivity contribution in [1.82, 2.24) is 4.98 Å². The molecule has 0 spiro atoms. The van der Waals surface area contributed by atoms with Crippen LogP contribution < -0.4 is 8.92 Å². The lowest BCUT2D eigenvalue weighted by Gasteiger charge is -2.17. The Labute approximate surface area is 219 Å². The van der Waals surface area contributed by atoms with E-state index < -0.39 is 46.6 Å². The van der Waals surface area contributed by atoms with Gasteiger partial charge in [0.1, 0.15) is 10.8 Å². The van der Waals surface area contributed by atoms with Crippen LogP contribution in [-0.2, 0) is 12.6 Å². The molecular weight excluding hydrogens is 562 g/mol. The van der Waals surface area contributed by atoms with Crippen LogP contribution in [0.25, 0.3) is 10.6 Å². The first kappa shape index (κ1) is 27.7. The summed E-state index contributed by atoms with van der Waals surface area (Å²) in [5.41, 5.74) is 0.840. The Kier molecular flexibility index (Phi) is 8.46. The smallest absolute Gasteiger partial charge is 0.416 e. The summed E-state index contributed by atoms with van der Waals surface area (Å²) in [5.74, 6) is -11.1. The van der Waals surface area contributed by atoms with Gasteiger partial charge in [-0.3, -0.25) is 0 Å². The molecule has 0 saturated carbocycles. The third kappa shape index (κ3) is 6.21. The Hall–Kier alpha value is -3.32. The molecule has 1 aliphatic rings. The molecule has 0 aliphatic carbocycles. The lowest BCUT2D eigenvalue weighted by Crippen LogP contribution is -2.08. The summed E-state index contributed by atoms with van der Waals surface area (Å²) >= 11 is 1.80. The highest BCUT2D eigenvalue weighted by atomic mass is 32.2. The number of hydrogen-bond acceptors (Lipinski definition) is 5. The zero-order chi connectivity index (χ0) is 27.4. The van der Waals surface area contributed by atoms with Crippen molar-refractivity contribution in [2.75, 3.05) is 6.61 Å². The second-order valence-corrected chi connectivity index (χ2v) is 9.40. The van der Waals surface area contributed by atoms with Crippen molar-refractivity contribution in [3.05, 3.63) is 94.3 Å². The van der Waals surface area contributed by atoms with Crippen LogP contribution in [0.3, 0.4) is 0 Å². The minimum Gasteiger partial charge on any atom is -0.493 e. The van der Waals surface area contributed by atoms with Crippen molar-refractivity contribution in [1.29, 1.82) is 0 Å². The maximum atomic E-state index is 13.5. The summed E-state index contributed by atoms with van der Waals surface area (Å²) in [4.78, 5) is 4.37. The lowest BCUT2D eigenvalue weighted by atomic mass is 10.1. The molecule has 0 unspecified atom stereocenters. The largest absolute Gasteiger partial charge is 0.493 e. The predicted octanol–water partition coefficient (Wildman–Crippen LogP) is 8.62. The van der Waals surface area contributed by atoms with E-state index in [1.807, 2.05) is 0 Å². The number of rotatable bonds is 4. The van der Waals surface area contributed by atoms with E-state index in [2.05, 4.69) is 4.98 Å². The molecule has 200 valence electrons. The van der Waals surface area contributed by atoms with Crippen LogP contribution in [-0.4, -0.2) is 11.6 Å². The van der Waals surface area contributed by atoms with Gasteiger partial charge in [-0.1, -0.05) is 18.2 Å². The molecule has 3 nitrogen and oxygen atoms in total. The molecule has 1 aliphatic heterocycles. The molecule has 0 atom stereocenters. The van der Waals surface area contributed by atoms with E-state index in [4.69, 9.17) is 8.92 Å². The van der Waals surface area contributed by atoms with Crippen molar-refractivity contribution < 1.29 is 44.0 Å². The van der Waals surface area contributed by atoms with E-state index in [0.717, 1.165) is 30.5 Å². The van der Waals surface area contributed by atoms with Crippen molar-refractivity contribution in [3.8, 4) is 22.1 Å². The molecule has 4 aromatic rings. The number of benzene rings is 3. The zero-order valence-electron chi connectivity index (χ0n) is 18.9. The fourth-order valence-electron chi connectivity index (χ4n) is 3.31. The highest BCUT2D eigenvalue weighted by molar-refractivity contribution is 7.95. The number of fused-ring (bicyclic) bond motifs is 1. The second kappa shape index (κ2) is 11.6. The van der Waals surface area contributed by atoms with Gasteiger partial charge in [0.05, 0.1) is 29.1 Å². The third-order valence-electron chi connectivity index (χ3n) is 5.15. The number of hydrogen-bond donors (Lipinski definition) is 0. The quantitative estimate of drug-likeness (QED) is 0.105. The molecule has 3 aromatic carbocycles. The average Bonchev–Trinajstić information content (AvgIpc) is 3.46. The van der Waals surface area contributed by atoms with Gasteiger partial charge in [0.25, 0.3) is 0 Å². The molecule has 13 heteroatoms. The molecule has 38 heavy (non-hydrogen) atoms. The van der Waals surface area contributed by atoms with Gasteiger partial charge in [-0.05, 0) is 42.7 Å². The molecule has 0 N–H and O–H groups in total. The maximum Gasteiger partial charge on any atom is 0.416 e. The van der Waals surface area contributed by atoms with Crippen molar-refractivity contribution in [2.45, 2.75) is 23.9 Å². The van der Waals surface area contributed by atoms with E-state index in [1.54, 1.807) is 35.8 Å². The minimum absolute atomic E-state index is 0.412. The van der Waals surface area contributed by atoms with Crippen LogP contribution in [0.5, 0.6) is 11.5 Å². The molecule has 0 fully saturated rings. The van der Waals surface area contributed by atoms with Gasteiger partial charge in [0.15, 0.2) is 0 Å². The predicted molar refractivity (Wildman–Crippen MR) is 126 cm³/mol. The van der Waals surface area contributed by atoms with Gasteiger partial charge in [0, 0.05) is 17.1 Å². The van der Waals surface area contributed by atoms with Crippen molar-refractivity contribution in [3.63, 3.8) is 0 Å². The highest BCUT2D eigenvalue weighted by Gasteiger charge is 2.30. The number of nitrogens with zero attached hydrogens (tertiary/aromatic N) is 1. The Morgan fingerprint density at radius 2 is 1.61 bits per heavy atom. The third-order valence-corrected chi connectivity index (χ3v) is 6.67. The van der Waals surface area contributed by atoms with Gasteiger partial charge < -0.3 is 8.92 Å². The van der Waals surface area contributed by atoms with Gasteiger partial charge in [0.2, 0.25) is 34.8 Å². The monoisotopic (exact) mass is 577 g/mol. The molecule has 0 radical (unpaired) electrons. The molecule has 0 saturated heterocycles. The number of aryl methyl sites for hydroxylation is 1. The van der Waals surface area contributed by atoms with Crippen LogP contribution >= 0.6 is 23.4 Å². The summed E-state index contributed by atoms with van der Waals surface area (Å²) in [6.45, 7) is 0.555. The summed E-state index contributed by atoms with van der Waals surface area (Å²) in [5, 5.41) is 2.33. The first-order valence-electron chi connectivity index (χ1n) is 10.7. The Morgan fingerprint density at radius 3 is 2.26 bits per heavy atom. The minimum atomic E-state index is -4.30. The maximum absolute atomic E-state index is 13.5. The highest BCUT2D eigenvalue weighted by Crippen LogP contribution is 2.36. The van der Waals surface area contributed by atoms with Crippen LogP contribution in [0.4, 0.5) is 35.1 Å². The van der Waals surface area contributed by atoms with Crippen molar-refractivity contribution in [2.24, 2.45) is 0 Å². The van der Waals surface area contributed by atoms with E-state index in [0.29, 0.717) is 39.9 Å². The van der Waals surface area contributed by atoms with E-state index >= 15 is 0 Å². The van der Waals surface area contributed by atoms with Gasteiger partial charge >= 0.3 is 6.18 Å². The average molecular weight is 578 g/mol. The molecule has 1 aromatic heterocycles. The first-order valence-corrected chi connectivity index (χ1v) is 12.4. The number of aromatic nitrogens is 1. The SMILES string of the molecule is FC(F)(F)c1cccc(-c2nccs2)c1.Fc1c(F)c(F)c(OSc2ccc3c(c2)OCCC3)c(F)c1F.